The number of nitrogens with two attached hydrogens (primary N) is 1. The van der Waals surface area contributed by atoms with E-state index in [1.165, 1.54) is 0 Å². The minimum atomic E-state index is -1.01. The molecule has 3 aromatic rings. The Morgan fingerprint density at radius 3 is 1.39 bits per heavy atom. The molecular weight excluding hydrogens is 366 g/mol. The molecule has 0 aliphatic carbocycles. The number of carboxylic acids is 1. The normalized spacial score (nSPS) is 13.1. The maximum Gasteiger partial charge on any atom is 0.321 e. The van der Waals surface area contributed by atoms with Crippen molar-refractivity contribution in [2.75, 3.05) is 0 Å². The number of hydrogen-bond acceptors (Lipinski definition) is 3. The Morgan fingerprint density at radius 1 is 0.786 bits per heavy atom. The van der Waals surface area contributed by atoms with Crippen molar-refractivity contribution in [2.45, 2.75) is 29.4 Å². The van der Waals surface area contributed by atoms with Crippen LogP contribution in [0.3, 0.4) is 0 Å². The van der Waals surface area contributed by atoms with Gasteiger partial charge >= 0.3 is 5.97 Å². The highest BCUT2D eigenvalue weighted by molar-refractivity contribution is 8.02. The molecule has 0 heterocycles. The summed E-state index contributed by atoms with van der Waals surface area (Å²) in [7, 11) is 0. The van der Waals surface area contributed by atoms with Gasteiger partial charge in [-0.3, -0.25) is 4.79 Å². The fraction of sp³-hybridized carbons (Fsp3) is 0.208. The fourth-order valence-electron chi connectivity index (χ4n) is 3.45. The SMILES string of the molecule is CC(C)(SC(c1ccccc1)(c1ccccc1)c1ccccc1)[C@@H](N)C(=O)O. The van der Waals surface area contributed by atoms with Crippen molar-refractivity contribution < 1.29 is 9.90 Å². The lowest BCUT2D eigenvalue weighted by Crippen LogP contribution is -2.49. The minimum absolute atomic E-state index is 0.597. The van der Waals surface area contributed by atoms with E-state index in [0.717, 1.165) is 16.7 Å². The van der Waals surface area contributed by atoms with Crippen LogP contribution in [0, 0.1) is 0 Å². The lowest BCUT2D eigenvalue weighted by molar-refractivity contribution is -0.139. The van der Waals surface area contributed by atoms with Crippen molar-refractivity contribution >= 4 is 17.7 Å². The molecule has 1 atom stereocenters. The van der Waals surface area contributed by atoms with Gasteiger partial charge in [0, 0.05) is 4.75 Å². The molecule has 3 aromatic carbocycles. The molecule has 0 fully saturated rings. The lowest BCUT2D eigenvalue weighted by Gasteiger charge is -2.42. The molecule has 0 spiro atoms. The van der Waals surface area contributed by atoms with Gasteiger partial charge in [0.15, 0.2) is 0 Å². The summed E-state index contributed by atoms with van der Waals surface area (Å²) < 4.78 is -1.33. The van der Waals surface area contributed by atoms with E-state index in [4.69, 9.17) is 5.73 Å². The average Bonchev–Trinajstić information content (AvgIpc) is 2.73. The summed E-state index contributed by atoms with van der Waals surface area (Å²) in [6.45, 7) is 3.81. The van der Waals surface area contributed by atoms with Crippen molar-refractivity contribution in [3.8, 4) is 0 Å². The van der Waals surface area contributed by atoms with Crippen LogP contribution in [0.2, 0.25) is 0 Å². The Morgan fingerprint density at radius 2 is 1.11 bits per heavy atom. The molecule has 3 nitrogen and oxygen atoms in total. The van der Waals surface area contributed by atoms with E-state index in [9.17, 15) is 9.90 Å². The second kappa shape index (κ2) is 8.21. The van der Waals surface area contributed by atoms with E-state index >= 15 is 0 Å². The van der Waals surface area contributed by atoms with Gasteiger partial charge in [-0.1, -0.05) is 91.0 Å². The fourth-order valence-corrected chi connectivity index (χ4v) is 5.23. The Kier molecular flexibility index (Phi) is 5.92. The highest BCUT2D eigenvalue weighted by Gasteiger charge is 2.45. The zero-order chi connectivity index (χ0) is 20.2. The van der Waals surface area contributed by atoms with Gasteiger partial charge in [0.05, 0.1) is 4.75 Å². The lowest BCUT2D eigenvalue weighted by atomic mass is 9.84. The highest BCUT2D eigenvalue weighted by atomic mass is 32.2. The quantitative estimate of drug-likeness (QED) is 0.562. The van der Waals surface area contributed by atoms with Gasteiger partial charge in [0.2, 0.25) is 0 Å². The van der Waals surface area contributed by atoms with Crippen molar-refractivity contribution in [2.24, 2.45) is 5.73 Å². The first-order chi connectivity index (χ1) is 13.4. The summed E-state index contributed by atoms with van der Waals surface area (Å²) >= 11 is 1.58. The van der Waals surface area contributed by atoms with E-state index in [1.807, 2.05) is 68.4 Å². The van der Waals surface area contributed by atoms with E-state index in [-0.39, 0.29) is 0 Å². The number of thioether (sulfide) groups is 1. The summed E-state index contributed by atoms with van der Waals surface area (Å²) in [5.41, 5.74) is 9.37. The smallest absolute Gasteiger partial charge is 0.321 e. The van der Waals surface area contributed by atoms with Crippen LogP contribution in [0.4, 0.5) is 0 Å². The number of benzene rings is 3. The van der Waals surface area contributed by atoms with Crippen LogP contribution < -0.4 is 5.73 Å². The van der Waals surface area contributed by atoms with E-state index in [1.54, 1.807) is 11.8 Å². The van der Waals surface area contributed by atoms with Crippen molar-refractivity contribution in [1.82, 2.24) is 0 Å². The third-order valence-electron chi connectivity index (χ3n) is 4.97. The first kappa shape index (κ1) is 20.2. The Bertz CT molecular complexity index is 814. The molecule has 0 saturated carbocycles. The number of hydrogen-bond donors (Lipinski definition) is 2. The second-order valence-corrected chi connectivity index (χ2v) is 9.17. The zero-order valence-electron chi connectivity index (χ0n) is 16.1. The summed E-state index contributed by atoms with van der Waals surface area (Å²) in [5, 5.41) is 9.59. The van der Waals surface area contributed by atoms with E-state index < -0.39 is 21.5 Å². The molecular formula is C24H25NO2S. The molecule has 3 rings (SSSR count). The molecule has 4 heteroatoms. The third kappa shape index (κ3) is 3.84. The predicted molar refractivity (Wildman–Crippen MR) is 116 cm³/mol. The molecule has 0 aliphatic rings. The van der Waals surface area contributed by atoms with Crippen LogP contribution in [0.15, 0.2) is 91.0 Å². The van der Waals surface area contributed by atoms with Crippen LogP contribution in [0.5, 0.6) is 0 Å². The van der Waals surface area contributed by atoms with Crippen LogP contribution in [0.25, 0.3) is 0 Å². The molecule has 0 amide bonds. The van der Waals surface area contributed by atoms with Gasteiger partial charge in [0.25, 0.3) is 0 Å². The molecule has 28 heavy (non-hydrogen) atoms. The highest BCUT2D eigenvalue weighted by Crippen LogP contribution is 2.53. The Hall–Kier alpha value is -2.56. The summed E-state index contributed by atoms with van der Waals surface area (Å²) in [6, 6.07) is 29.6. The Balaban J connectivity index is 2.30. The van der Waals surface area contributed by atoms with E-state index in [2.05, 4.69) is 36.4 Å². The minimum Gasteiger partial charge on any atom is -0.480 e. The maximum absolute atomic E-state index is 11.7. The molecule has 0 aromatic heterocycles. The number of carbonyl (C=O) groups is 1. The van der Waals surface area contributed by atoms with Gasteiger partial charge in [0.1, 0.15) is 6.04 Å². The first-order valence-electron chi connectivity index (χ1n) is 9.23. The number of rotatable bonds is 7. The van der Waals surface area contributed by atoms with Crippen LogP contribution >= 0.6 is 11.8 Å². The van der Waals surface area contributed by atoms with Gasteiger partial charge in [-0.15, -0.1) is 11.8 Å². The summed E-state index contributed by atoms with van der Waals surface area (Å²) in [5.74, 6) is -0.999. The van der Waals surface area contributed by atoms with Gasteiger partial charge < -0.3 is 10.8 Å². The molecule has 3 N–H and O–H groups in total. The molecule has 0 bridgehead atoms. The molecule has 0 unspecified atom stereocenters. The van der Waals surface area contributed by atoms with Crippen molar-refractivity contribution in [3.63, 3.8) is 0 Å². The van der Waals surface area contributed by atoms with Gasteiger partial charge in [-0.05, 0) is 30.5 Å². The number of aliphatic carboxylic acids is 1. The van der Waals surface area contributed by atoms with Crippen molar-refractivity contribution in [1.29, 1.82) is 0 Å². The van der Waals surface area contributed by atoms with E-state index in [0.29, 0.717) is 0 Å². The topological polar surface area (TPSA) is 63.3 Å². The second-order valence-electron chi connectivity index (χ2n) is 7.30. The van der Waals surface area contributed by atoms with Crippen LogP contribution in [-0.2, 0) is 9.54 Å². The average molecular weight is 392 g/mol. The van der Waals surface area contributed by atoms with Gasteiger partial charge in [-0.2, -0.15) is 0 Å². The zero-order valence-corrected chi connectivity index (χ0v) is 16.9. The largest absolute Gasteiger partial charge is 0.480 e. The first-order valence-corrected chi connectivity index (χ1v) is 10.0. The van der Waals surface area contributed by atoms with Gasteiger partial charge in [-0.25, -0.2) is 0 Å². The molecule has 0 radical (unpaired) electrons. The maximum atomic E-state index is 11.7. The third-order valence-corrected chi connectivity index (χ3v) is 6.77. The summed E-state index contributed by atoms with van der Waals surface area (Å²) in [4.78, 5) is 11.7. The van der Waals surface area contributed by atoms with Crippen LogP contribution in [-0.4, -0.2) is 21.9 Å². The molecule has 0 saturated heterocycles. The Labute approximate surface area is 170 Å². The predicted octanol–water partition coefficient (Wildman–Crippen LogP) is 4.90. The number of carboxylic acid groups (broad SMARTS) is 1. The van der Waals surface area contributed by atoms with Crippen molar-refractivity contribution in [3.05, 3.63) is 108 Å². The molecule has 0 aliphatic heterocycles. The monoisotopic (exact) mass is 391 g/mol. The summed E-state index contributed by atoms with van der Waals surface area (Å²) in [6.07, 6.45) is 0. The van der Waals surface area contributed by atoms with Crippen LogP contribution in [0.1, 0.15) is 30.5 Å². The standard InChI is InChI=1S/C24H25NO2S/c1-23(2,21(25)22(26)27)28-24(18-12-6-3-7-13-18,19-14-8-4-9-15-19)20-16-10-5-11-17-20/h3-17,21H,25H2,1-2H3,(H,26,27)/t21-/m0/s1. The molecule has 144 valence electrons.